The van der Waals surface area contributed by atoms with Crippen LogP contribution < -0.4 is 4.90 Å². The highest BCUT2D eigenvalue weighted by Gasteiger charge is 2.24. The lowest BCUT2D eigenvalue weighted by Gasteiger charge is -2.09. The number of carbonyl (C=O) groups is 2. The molecule has 108 valence electrons. The molecule has 1 aromatic heterocycles. The quantitative estimate of drug-likeness (QED) is 0.870. The summed E-state index contributed by atoms with van der Waals surface area (Å²) in [5.74, 6) is -0.746. The number of thiazole rings is 1. The van der Waals surface area contributed by atoms with E-state index in [-0.39, 0.29) is 11.5 Å². The van der Waals surface area contributed by atoms with Crippen LogP contribution in [0.3, 0.4) is 0 Å². The van der Waals surface area contributed by atoms with Crippen molar-refractivity contribution in [2.24, 2.45) is 0 Å². The predicted molar refractivity (Wildman–Crippen MR) is 81.0 cm³/mol. The fraction of sp³-hybridized carbons (Fsp3) is 0.357. The lowest BCUT2D eigenvalue weighted by molar-refractivity contribution is -0.132. The topological polar surface area (TPSA) is 70.5 Å². The molecule has 0 saturated carbocycles. The van der Waals surface area contributed by atoms with Gasteiger partial charge in [0.05, 0.1) is 10.6 Å². The summed E-state index contributed by atoms with van der Waals surface area (Å²) in [5, 5.41) is 8.71. The zero-order valence-electron chi connectivity index (χ0n) is 11.7. The minimum Gasteiger partial charge on any atom is -0.478 e. The van der Waals surface area contributed by atoms with Gasteiger partial charge >= 0.3 is 5.97 Å². The molecule has 0 atom stereocenters. The van der Waals surface area contributed by atoms with Gasteiger partial charge in [-0.15, -0.1) is 0 Å². The largest absolute Gasteiger partial charge is 0.478 e. The highest BCUT2D eigenvalue weighted by atomic mass is 32.1. The van der Waals surface area contributed by atoms with Gasteiger partial charge in [-0.2, -0.15) is 0 Å². The monoisotopic (exact) mass is 294 g/mol. The minimum atomic E-state index is -0.935. The zero-order valence-corrected chi connectivity index (χ0v) is 12.5. The van der Waals surface area contributed by atoms with Crippen LogP contribution in [0.2, 0.25) is 0 Å². The van der Waals surface area contributed by atoms with Gasteiger partial charge in [-0.25, -0.2) is 9.78 Å². The first-order valence-electron chi connectivity index (χ1n) is 6.15. The van der Waals surface area contributed by atoms with E-state index < -0.39 is 5.97 Å². The van der Waals surface area contributed by atoms with Crippen molar-refractivity contribution in [2.75, 3.05) is 11.4 Å². The van der Waals surface area contributed by atoms with E-state index in [0.717, 1.165) is 28.7 Å². The predicted octanol–water partition coefficient (Wildman–Crippen LogP) is 2.87. The van der Waals surface area contributed by atoms with Gasteiger partial charge in [-0.3, -0.25) is 9.69 Å². The molecule has 1 fully saturated rings. The van der Waals surface area contributed by atoms with Crippen LogP contribution in [-0.4, -0.2) is 28.5 Å². The fourth-order valence-corrected chi connectivity index (χ4v) is 2.51. The molecule has 2 rings (SSSR count). The maximum absolute atomic E-state index is 11.5. The molecule has 1 aliphatic rings. The summed E-state index contributed by atoms with van der Waals surface area (Å²) in [6.07, 6.45) is 3.39. The highest BCUT2D eigenvalue weighted by Crippen LogP contribution is 2.29. The summed E-state index contributed by atoms with van der Waals surface area (Å²) in [7, 11) is 0. The third-order valence-electron chi connectivity index (χ3n) is 2.68. The van der Waals surface area contributed by atoms with Crippen molar-refractivity contribution in [3.05, 3.63) is 29.3 Å². The number of carbonyl (C=O) groups excluding carboxylic acids is 1. The number of aryl methyl sites for hydroxylation is 1. The third-order valence-corrected chi connectivity index (χ3v) is 3.85. The maximum atomic E-state index is 11.5. The third kappa shape index (κ3) is 4.03. The molecule has 1 aromatic rings. The van der Waals surface area contributed by atoms with Gasteiger partial charge < -0.3 is 5.11 Å². The van der Waals surface area contributed by atoms with E-state index in [1.807, 2.05) is 6.92 Å². The van der Waals surface area contributed by atoms with Crippen LogP contribution in [0.4, 0.5) is 5.13 Å². The first-order valence-corrected chi connectivity index (χ1v) is 6.97. The molecule has 1 N–H and O–H groups in total. The Hall–Kier alpha value is -1.95. The summed E-state index contributed by atoms with van der Waals surface area (Å²) in [6, 6.07) is 0. The van der Waals surface area contributed by atoms with Crippen LogP contribution >= 0.6 is 11.3 Å². The number of aliphatic carboxylic acids is 1. The Morgan fingerprint density at radius 3 is 2.50 bits per heavy atom. The number of hydrogen-bond acceptors (Lipinski definition) is 4. The van der Waals surface area contributed by atoms with Crippen molar-refractivity contribution >= 4 is 34.4 Å². The first kappa shape index (κ1) is 16.1. The number of carboxylic acid groups (broad SMARTS) is 1. The molecule has 2 heterocycles. The molecule has 5 nitrogen and oxygen atoms in total. The molecular weight excluding hydrogens is 276 g/mol. The summed E-state index contributed by atoms with van der Waals surface area (Å²) in [4.78, 5) is 28.2. The molecule has 0 aliphatic carbocycles. The van der Waals surface area contributed by atoms with Gasteiger partial charge in [0.25, 0.3) is 0 Å². The Morgan fingerprint density at radius 2 is 2.15 bits per heavy atom. The van der Waals surface area contributed by atoms with Crippen LogP contribution in [0, 0.1) is 6.92 Å². The van der Waals surface area contributed by atoms with Gasteiger partial charge in [0.2, 0.25) is 5.91 Å². The molecule has 1 aliphatic heterocycles. The second-order valence-electron chi connectivity index (χ2n) is 4.38. The summed E-state index contributed by atoms with van der Waals surface area (Å²) >= 11 is 1.54. The number of hydrogen-bond donors (Lipinski definition) is 1. The van der Waals surface area contributed by atoms with Crippen LogP contribution in [0.15, 0.2) is 18.7 Å². The van der Waals surface area contributed by atoms with Gasteiger partial charge in [0.1, 0.15) is 0 Å². The molecule has 0 bridgehead atoms. The van der Waals surface area contributed by atoms with Crippen LogP contribution in [0.5, 0.6) is 0 Å². The van der Waals surface area contributed by atoms with Crippen molar-refractivity contribution in [1.82, 2.24) is 4.98 Å². The number of carboxylic acids is 1. The fourth-order valence-electron chi connectivity index (χ4n) is 1.55. The summed E-state index contributed by atoms with van der Waals surface area (Å²) in [5.41, 5.74) is 1.13. The molecule has 1 amide bonds. The Kier molecular flexibility index (Phi) is 5.64. The van der Waals surface area contributed by atoms with Crippen molar-refractivity contribution in [2.45, 2.75) is 26.7 Å². The lowest BCUT2D eigenvalue weighted by Crippen LogP contribution is -2.23. The van der Waals surface area contributed by atoms with E-state index in [2.05, 4.69) is 18.1 Å². The van der Waals surface area contributed by atoms with E-state index in [9.17, 15) is 9.59 Å². The minimum absolute atomic E-state index is 0.176. The van der Waals surface area contributed by atoms with Gasteiger partial charge in [0, 0.05) is 18.5 Å². The van der Waals surface area contributed by atoms with E-state index in [4.69, 9.17) is 5.11 Å². The molecule has 0 spiro atoms. The van der Waals surface area contributed by atoms with Crippen molar-refractivity contribution < 1.29 is 14.7 Å². The molecule has 0 radical (unpaired) electrons. The first-order chi connectivity index (χ1) is 9.36. The lowest BCUT2D eigenvalue weighted by atomic mass is 10.4. The molecule has 0 unspecified atom stereocenters. The second-order valence-corrected chi connectivity index (χ2v) is 5.39. The number of nitrogens with zero attached hydrogens (tertiary/aromatic N) is 2. The number of anilines is 1. The Balaban J connectivity index is 0.000000286. The highest BCUT2D eigenvalue weighted by molar-refractivity contribution is 7.16. The molecular formula is C14H18N2O3S. The van der Waals surface area contributed by atoms with Gasteiger partial charge in [-0.1, -0.05) is 30.6 Å². The Bertz CT molecular complexity index is 537. The zero-order chi connectivity index (χ0) is 15.3. The van der Waals surface area contributed by atoms with Crippen LogP contribution in [-0.2, 0) is 9.59 Å². The number of rotatable bonds is 3. The Labute approximate surface area is 122 Å². The molecule has 1 saturated heterocycles. The van der Waals surface area contributed by atoms with E-state index in [1.165, 1.54) is 18.3 Å². The average Bonchev–Trinajstić information content (AvgIpc) is 2.95. The van der Waals surface area contributed by atoms with Gasteiger partial charge in [0.15, 0.2) is 5.13 Å². The molecule has 0 aromatic carbocycles. The van der Waals surface area contributed by atoms with Gasteiger partial charge in [-0.05, 0) is 20.3 Å². The number of aromatic nitrogens is 1. The summed E-state index contributed by atoms with van der Waals surface area (Å²) < 4.78 is 0. The SMILES string of the molecule is C=C(C)C(=O)O.C=Cc1sc(N2CCCC2=O)nc1C. The van der Waals surface area contributed by atoms with Crippen LogP contribution in [0.25, 0.3) is 6.08 Å². The van der Waals surface area contributed by atoms with Crippen molar-refractivity contribution in [3.8, 4) is 0 Å². The standard InChI is InChI=1S/C10H12N2OS.C4H6O2/c1-3-8-7(2)11-10(14-8)12-6-4-5-9(12)13;1-3(2)4(5)6/h3H,1,4-6H2,2H3;1H2,2H3,(H,5,6). The number of amides is 1. The average molecular weight is 294 g/mol. The van der Waals surface area contributed by atoms with E-state index in [1.54, 1.807) is 11.0 Å². The maximum Gasteiger partial charge on any atom is 0.330 e. The second kappa shape index (κ2) is 7.00. The summed E-state index contributed by atoms with van der Waals surface area (Å²) in [6.45, 7) is 11.1. The van der Waals surface area contributed by atoms with E-state index >= 15 is 0 Å². The smallest absolute Gasteiger partial charge is 0.330 e. The Morgan fingerprint density at radius 1 is 1.55 bits per heavy atom. The molecule has 6 heteroatoms. The van der Waals surface area contributed by atoms with Crippen molar-refractivity contribution in [1.29, 1.82) is 0 Å². The normalized spacial score (nSPS) is 13.7. The van der Waals surface area contributed by atoms with Crippen LogP contribution in [0.1, 0.15) is 30.3 Å². The van der Waals surface area contributed by atoms with E-state index in [0.29, 0.717) is 6.42 Å². The molecule has 20 heavy (non-hydrogen) atoms. The van der Waals surface area contributed by atoms with Crippen molar-refractivity contribution in [3.63, 3.8) is 0 Å².